The van der Waals surface area contributed by atoms with Crippen molar-refractivity contribution in [2.45, 2.75) is 44.2 Å². The number of carboxylic acid groups (broad SMARTS) is 4. The summed E-state index contributed by atoms with van der Waals surface area (Å²) in [5.74, 6) is -7.59. The number of aliphatic carboxylic acids is 4. The Bertz CT molecular complexity index is 511. The zero-order valence-corrected chi connectivity index (χ0v) is 12.9. The second kappa shape index (κ2) is 10.6. The predicted octanol–water partition coefficient (Wildman–Crippen LogP) is -1.76. The van der Waals surface area contributed by atoms with Crippen LogP contribution in [-0.2, 0) is 28.8 Å². The van der Waals surface area contributed by atoms with E-state index in [1.54, 1.807) is 0 Å². The molecule has 2 atom stereocenters. The molecular formula is C13H18N2O10. The van der Waals surface area contributed by atoms with Gasteiger partial charge in [0.1, 0.15) is 18.5 Å². The van der Waals surface area contributed by atoms with Gasteiger partial charge < -0.3 is 31.1 Å². The largest absolute Gasteiger partial charge is 0.481 e. The van der Waals surface area contributed by atoms with Crippen molar-refractivity contribution in [3.05, 3.63) is 0 Å². The summed E-state index contributed by atoms with van der Waals surface area (Å²) in [5.41, 5.74) is 0. The fourth-order valence-corrected chi connectivity index (χ4v) is 1.69. The summed E-state index contributed by atoms with van der Waals surface area (Å²) in [6.07, 6.45) is -2.71. The summed E-state index contributed by atoms with van der Waals surface area (Å²) in [5, 5.41) is 38.6. The Morgan fingerprint density at radius 2 is 0.960 bits per heavy atom. The van der Waals surface area contributed by atoms with E-state index < -0.39 is 79.9 Å². The lowest BCUT2D eigenvalue weighted by atomic mass is 10.1. The van der Waals surface area contributed by atoms with Gasteiger partial charge in [0, 0.05) is 12.8 Å². The fraction of sp³-hybridized carbons (Fsp3) is 0.538. The molecule has 0 rings (SSSR count). The number of hydrogen-bond donors (Lipinski definition) is 6. The van der Waals surface area contributed by atoms with E-state index in [1.807, 2.05) is 10.6 Å². The highest BCUT2D eigenvalue weighted by molar-refractivity contribution is 5.99. The molecule has 140 valence electrons. The Hall–Kier alpha value is -3.18. The molecule has 0 aliphatic carbocycles. The van der Waals surface area contributed by atoms with Gasteiger partial charge in [-0.15, -0.1) is 0 Å². The number of nitrogens with one attached hydrogen (secondary N) is 2. The van der Waals surface area contributed by atoms with Crippen LogP contribution in [0.5, 0.6) is 0 Å². The molecule has 0 aromatic heterocycles. The zero-order chi connectivity index (χ0) is 19.6. The topological polar surface area (TPSA) is 207 Å². The van der Waals surface area contributed by atoms with Crippen LogP contribution in [0.25, 0.3) is 0 Å². The van der Waals surface area contributed by atoms with Crippen molar-refractivity contribution in [1.82, 2.24) is 10.6 Å². The maximum atomic E-state index is 11.6. The zero-order valence-electron chi connectivity index (χ0n) is 12.9. The van der Waals surface area contributed by atoms with Crippen LogP contribution in [0.15, 0.2) is 0 Å². The Labute approximate surface area is 140 Å². The van der Waals surface area contributed by atoms with Gasteiger partial charge in [0.15, 0.2) is 0 Å². The molecule has 0 heterocycles. The maximum Gasteiger partial charge on any atom is 0.326 e. The molecule has 2 unspecified atom stereocenters. The molecule has 0 radical (unpaired) electrons. The summed E-state index contributed by atoms with van der Waals surface area (Å²) in [4.78, 5) is 65.9. The number of carboxylic acids is 4. The smallest absolute Gasteiger partial charge is 0.326 e. The molecule has 0 aliphatic rings. The van der Waals surface area contributed by atoms with Crippen LogP contribution < -0.4 is 10.6 Å². The summed E-state index contributed by atoms with van der Waals surface area (Å²) in [6, 6.07) is -3.03. The Morgan fingerprint density at radius 1 is 0.640 bits per heavy atom. The number of rotatable bonds is 12. The monoisotopic (exact) mass is 362 g/mol. The first-order valence-corrected chi connectivity index (χ1v) is 7.00. The van der Waals surface area contributed by atoms with Crippen molar-refractivity contribution in [2.75, 3.05) is 0 Å². The van der Waals surface area contributed by atoms with Crippen LogP contribution in [0.2, 0.25) is 0 Å². The molecule has 0 aliphatic heterocycles. The van der Waals surface area contributed by atoms with Crippen LogP contribution in [0.3, 0.4) is 0 Å². The minimum Gasteiger partial charge on any atom is -0.481 e. The molecule has 0 saturated carbocycles. The van der Waals surface area contributed by atoms with Crippen LogP contribution in [0.4, 0.5) is 0 Å². The lowest BCUT2D eigenvalue weighted by Crippen LogP contribution is -2.45. The van der Waals surface area contributed by atoms with Gasteiger partial charge >= 0.3 is 23.9 Å². The van der Waals surface area contributed by atoms with Gasteiger partial charge in [-0.05, 0) is 12.8 Å². The van der Waals surface area contributed by atoms with Crippen molar-refractivity contribution >= 4 is 35.7 Å². The SMILES string of the molecule is O=C(O)CCC(NC(=O)CC(=O)NC(CCC(=O)O)C(=O)O)C(=O)O. The first kappa shape index (κ1) is 21.8. The summed E-state index contributed by atoms with van der Waals surface area (Å²) >= 11 is 0. The van der Waals surface area contributed by atoms with E-state index in [0.717, 1.165) is 0 Å². The molecular weight excluding hydrogens is 344 g/mol. The van der Waals surface area contributed by atoms with E-state index in [2.05, 4.69) is 0 Å². The molecule has 0 saturated heterocycles. The summed E-state index contributed by atoms with van der Waals surface area (Å²) in [6.45, 7) is 0. The lowest BCUT2D eigenvalue weighted by molar-refractivity contribution is -0.144. The number of carbonyl (C=O) groups is 6. The Morgan fingerprint density at radius 3 is 1.20 bits per heavy atom. The van der Waals surface area contributed by atoms with Crippen molar-refractivity contribution in [2.24, 2.45) is 0 Å². The third-order valence-corrected chi connectivity index (χ3v) is 2.88. The van der Waals surface area contributed by atoms with Crippen LogP contribution >= 0.6 is 0 Å². The van der Waals surface area contributed by atoms with Crippen molar-refractivity contribution in [3.8, 4) is 0 Å². The normalized spacial score (nSPS) is 12.5. The highest BCUT2D eigenvalue weighted by Gasteiger charge is 2.25. The Kier molecular flexibility index (Phi) is 9.22. The summed E-state index contributed by atoms with van der Waals surface area (Å²) < 4.78 is 0. The minimum atomic E-state index is -1.52. The second-order valence-electron chi connectivity index (χ2n) is 4.96. The number of hydrogen-bond acceptors (Lipinski definition) is 6. The van der Waals surface area contributed by atoms with E-state index >= 15 is 0 Å². The van der Waals surface area contributed by atoms with Gasteiger partial charge in [0.25, 0.3) is 0 Å². The highest BCUT2D eigenvalue weighted by Crippen LogP contribution is 2.01. The average Bonchev–Trinajstić information content (AvgIpc) is 2.46. The van der Waals surface area contributed by atoms with Gasteiger partial charge in [-0.2, -0.15) is 0 Å². The quantitative estimate of drug-likeness (QED) is 0.216. The van der Waals surface area contributed by atoms with Gasteiger partial charge in [-0.1, -0.05) is 0 Å². The third kappa shape index (κ3) is 10.3. The predicted molar refractivity (Wildman–Crippen MR) is 77.5 cm³/mol. The van der Waals surface area contributed by atoms with E-state index in [9.17, 15) is 28.8 Å². The van der Waals surface area contributed by atoms with E-state index in [4.69, 9.17) is 20.4 Å². The molecule has 0 fully saturated rings. The maximum absolute atomic E-state index is 11.6. The van der Waals surface area contributed by atoms with Gasteiger partial charge in [-0.3, -0.25) is 19.2 Å². The van der Waals surface area contributed by atoms with E-state index in [1.165, 1.54) is 0 Å². The van der Waals surface area contributed by atoms with Crippen LogP contribution in [-0.4, -0.2) is 68.2 Å². The third-order valence-electron chi connectivity index (χ3n) is 2.88. The molecule has 0 aromatic carbocycles. The van der Waals surface area contributed by atoms with Gasteiger partial charge in [-0.25, -0.2) is 9.59 Å². The Balaban J connectivity index is 4.56. The van der Waals surface area contributed by atoms with Crippen molar-refractivity contribution in [3.63, 3.8) is 0 Å². The molecule has 0 spiro atoms. The minimum absolute atomic E-state index is 0.394. The van der Waals surface area contributed by atoms with E-state index in [0.29, 0.717) is 0 Å². The van der Waals surface area contributed by atoms with Crippen LogP contribution in [0, 0.1) is 0 Å². The first-order chi connectivity index (χ1) is 11.5. The fourth-order valence-electron chi connectivity index (χ4n) is 1.69. The second-order valence-corrected chi connectivity index (χ2v) is 4.96. The highest BCUT2D eigenvalue weighted by atomic mass is 16.4. The molecule has 0 aromatic rings. The van der Waals surface area contributed by atoms with Gasteiger partial charge in [0.2, 0.25) is 11.8 Å². The lowest BCUT2D eigenvalue weighted by Gasteiger charge is -2.15. The van der Waals surface area contributed by atoms with Crippen molar-refractivity contribution in [1.29, 1.82) is 0 Å². The molecule has 0 bridgehead atoms. The average molecular weight is 362 g/mol. The standard InChI is InChI=1S/C13H18N2O10/c16-8(14-6(12(22)23)1-3-10(18)19)5-9(17)15-7(13(24)25)2-4-11(20)21/h6-7H,1-5H2,(H,14,16)(H,15,17)(H,18,19)(H,20,21)(H,22,23)(H,24,25). The number of carbonyl (C=O) groups excluding carboxylic acids is 2. The molecule has 6 N–H and O–H groups in total. The van der Waals surface area contributed by atoms with Crippen LogP contribution in [0.1, 0.15) is 32.1 Å². The number of amides is 2. The molecule has 12 nitrogen and oxygen atoms in total. The molecule has 25 heavy (non-hydrogen) atoms. The summed E-state index contributed by atoms with van der Waals surface area (Å²) in [7, 11) is 0. The first-order valence-electron chi connectivity index (χ1n) is 7.00. The van der Waals surface area contributed by atoms with Gasteiger partial charge in [0.05, 0.1) is 0 Å². The van der Waals surface area contributed by atoms with E-state index in [-0.39, 0.29) is 0 Å². The molecule has 2 amide bonds. The molecule has 12 heteroatoms. The van der Waals surface area contributed by atoms with Crippen molar-refractivity contribution < 1.29 is 49.2 Å².